The first-order chi connectivity index (χ1) is 18.6. The average Bonchev–Trinajstić information content (AvgIpc) is 3.19. The fourth-order valence-electron chi connectivity index (χ4n) is 3.91. The van der Waals surface area contributed by atoms with E-state index in [4.69, 9.17) is 3.07 Å². The number of ether oxygens (including phenoxy) is 1. The van der Waals surface area contributed by atoms with Gasteiger partial charge in [0.1, 0.15) is 0 Å². The van der Waals surface area contributed by atoms with Crippen molar-refractivity contribution in [3.05, 3.63) is 97.6 Å². The van der Waals surface area contributed by atoms with Crippen molar-refractivity contribution in [2.45, 2.75) is 40.8 Å². The molecular formula is C26H25F4IN2O6S. The van der Waals surface area contributed by atoms with Gasteiger partial charge in [-0.3, -0.25) is 10.1 Å². The van der Waals surface area contributed by atoms with Crippen molar-refractivity contribution in [3.8, 4) is 5.75 Å². The van der Waals surface area contributed by atoms with Crippen LogP contribution in [0.25, 0.3) is 0 Å². The number of non-ortho nitro benzene ring substituents is 1. The summed E-state index contributed by atoms with van der Waals surface area (Å²) in [5.41, 5.74) is -0.375. The summed E-state index contributed by atoms with van der Waals surface area (Å²) in [6.45, 7) is 3.12. The molecule has 0 aromatic heterocycles. The molecule has 0 bridgehead atoms. The quantitative estimate of drug-likeness (QED) is 0.0782. The van der Waals surface area contributed by atoms with E-state index in [1.54, 1.807) is 26.0 Å². The van der Waals surface area contributed by atoms with Crippen molar-refractivity contribution in [2.24, 2.45) is 0 Å². The van der Waals surface area contributed by atoms with Gasteiger partial charge in [-0.1, -0.05) is 0 Å². The minimum atomic E-state index is -4.84. The molecule has 8 nitrogen and oxygen atoms in total. The first kappa shape index (κ1) is 30.1. The number of likely N-dealkylation sites (N-methyl/N-ethyl adjacent to an activating group) is 1. The van der Waals surface area contributed by atoms with E-state index in [1.807, 2.05) is 0 Å². The summed E-state index contributed by atoms with van der Waals surface area (Å²) in [6, 6.07) is 15.5. The van der Waals surface area contributed by atoms with Gasteiger partial charge in [-0.05, 0) is 12.1 Å². The topological polar surface area (TPSA) is 99.0 Å². The number of nitro groups is 1. The number of hydrogen-bond acceptors (Lipinski definition) is 6. The number of nitro benzene ring substituents is 1. The van der Waals surface area contributed by atoms with Gasteiger partial charge in [-0.25, -0.2) is 0 Å². The second kappa shape index (κ2) is 10.9. The normalized spacial score (nSPS) is 16.1. The van der Waals surface area contributed by atoms with Crippen molar-refractivity contribution < 1.29 is 38.7 Å². The molecule has 0 fully saturated rings. The summed E-state index contributed by atoms with van der Waals surface area (Å²) in [7, 11) is -2.62. The molecule has 0 spiro atoms. The van der Waals surface area contributed by atoms with Crippen LogP contribution >= 0.6 is 20.2 Å². The van der Waals surface area contributed by atoms with Crippen LogP contribution in [0.5, 0.6) is 5.75 Å². The van der Waals surface area contributed by atoms with Gasteiger partial charge in [0.05, 0.1) is 4.92 Å². The molecule has 0 radical (unpaired) electrons. The number of nitrogens with zero attached hydrogens (tertiary/aromatic N) is 2. The van der Waals surface area contributed by atoms with Gasteiger partial charge in [0.15, 0.2) is 0 Å². The zero-order valence-electron chi connectivity index (χ0n) is 21.5. The molecule has 0 amide bonds. The van der Waals surface area contributed by atoms with Crippen molar-refractivity contribution >= 4 is 35.9 Å². The Kier molecular flexibility index (Phi) is 8.19. The number of sulfonamides is 1. The molecule has 216 valence electrons. The minimum absolute atomic E-state index is 0.00567. The van der Waals surface area contributed by atoms with Crippen LogP contribution in [-0.4, -0.2) is 41.3 Å². The molecule has 1 aliphatic heterocycles. The number of halogens is 5. The Hall–Kier alpha value is -2.82. The summed E-state index contributed by atoms with van der Waals surface area (Å²) in [6.07, 6.45) is -4.67. The Morgan fingerprint density at radius 3 is 2.20 bits per heavy atom. The monoisotopic (exact) mass is 696 g/mol. The van der Waals surface area contributed by atoms with Gasteiger partial charge in [-0.15, -0.1) is 0 Å². The van der Waals surface area contributed by atoms with E-state index >= 15 is 8.78 Å². The Bertz CT molecular complexity index is 1500. The van der Waals surface area contributed by atoms with Gasteiger partial charge in [0.25, 0.3) is 5.69 Å². The fourth-order valence-corrected chi connectivity index (χ4v) is 10.2. The molecule has 1 aliphatic rings. The van der Waals surface area contributed by atoms with Gasteiger partial charge >= 0.3 is 192 Å². The zero-order valence-corrected chi connectivity index (χ0v) is 24.5. The van der Waals surface area contributed by atoms with Crippen LogP contribution < -0.4 is 4.74 Å². The predicted octanol–water partition coefficient (Wildman–Crippen LogP) is 6.58. The number of fused-ring (bicyclic) bond motifs is 1. The molecule has 3 aromatic rings. The van der Waals surface area contributed by atoms with Crippen LogP contribution in [0.4, 0.5) is 23.2 Å². The molecule has 0 atom stereocenters. The van der Waals surface area contributed by atoms with E-state index in [0.717, 1.165) is 40.7 Å². The maximum atomic E-state index is 15.2. The van der Waals surface area contributed by atoms with Gasteiger partial charge in [0.2, 0.25) is 0 Å². The summed E-state index contributed by atoms with van der Waals surface area (Å²) in [5.74, 6) is -0.483. The maximum absolute atomic E-state index is 15.2. The Morgan fingerprint density at radius 2 is 1.60 bits per heavy atom. The smallest absolute Gasteiger partial charge is 0.258 e. The van der Waals surface area contributed by atoms with Crippen LogP contribution in [0.3, 0.4) is 0 Å². The second-order valence-corrected chi connectivity index (χ2v) is 15.8. The van der Waals surface area contributed by atoms with E-state index in [9.17, 15) is 27.3 Å². The summed E-state index contributed by atoms with van der Waals surface area (Å²) < 4.78 is 92.3. The first-order valence-electron chi connectivity index (χ1n) is 11.8. The summed E-state index contributed by atoms with van der Waals surface area (Å²) in [4.78, 5) is 10.0. The average molecular weight is 696 g/mol. The van der Waals surface area contributed by atoms with Crippen LogP contribution in [0, 0.1) is 13.7 Å². The van der Waals surface area contributed by atoms with E-state index in [1.165, 1.54) is 31.3 Å². The third-order valence-electron chi connectivity index (χ3n) is 6.16. The SMILES string of the molecule is CN(CCc1ccc(OC(F)(F)C(F)(F)I2OC(C)(C)c3ccccc32)cc1)S(=O)(=O)c1ccc([N+](=O)[O-])cc1. The van der Waals surface area contributed by atoms with Crippen molar-refractivity contribution in [3.63, 3.8) is 0 Å². The van der Waals surface area contributed by atoms with E-state index in [2.05, 4.69) is 4.74 Å². The fraction of sp³-hybridized carbons (Fsp3) is 0.308. The number of rotatable bonds is 10. The van der Waals surface area contributed by atoms with Gasteiger partial charge < -0.3 is 0 Å². The molecule has 3 aromatic carbocycles. The third-order valence-corrected chi connectivity index (χ3v) is 13.4. The summed E-state index contributed by atoms with van der Waals surface area (Å²) in [5, 5.41) is 10.8. The molecule has 0 unspecified atom stereocenters. The van der Waals surface area contributed by atoms with E-state index < -0.39 is 56.6 Å². The molecule has 0 saturated heterocycles. The van der Waals surface area contributed by atoms with E-state index in [0.29, 0.717) is 11.1 Å². The second-order valence-electron chi connectivity index (χ2n) is 9.40. The molecule has 4 rings (SSSR count). The number of benzene rings is 3. The molecule has 0 N–H and O–H groups in total. The molecule has 14 heteroatoms. The van der Waals surface area contributed by atoms with Crippen LogP contribution in [0.15, 0.2) is 77.7 Å². The van der Waals surface area contributed by atoms with Crippen molar-refractivity contribution in [2.75, 3.05) is 13.6 Å². The van der Waals surface area contributed by atoms with Gasteiger partial charge in [0, 0.05) is 12.1 Å². The zero-order chi connectivity index (χ0) is 29.5. The number of hydrogen-bond donors (Lipinski definition) is 0. The van der Waals surface area contributed by atoms with Crippen molar-refractivity contribution in [1.29, 1.82) is 0 Å². The van der Waals surface area contributed by atoms with E-state index in [-0.39, 0.29) is 27.1 Å². The summed E-state index contributed by atoms with van der Waals surface area (Å²) >= 11 is -4.19. The molecule has 0 aliphatic carbocycles. The van der Waals surface area contributed by atoms with Crippen molar-refractivity contribution in [1.82, 2.24) is 4.31 Å². The Morgan fingerprint density at radius 1 is 1.00 bits per heavy atom. The third kappa shape index (κ3) is 5.80. The van der Waals surface area contributed by atoms with Gasteiger partial charge in [-0.2, -0.15) is 0 Å². The first-order valence-corrected chi connectivity index (χ1v) is 16.3. The van der Waals surface area contributed by atoms with Crippen LogP contribution in [-0.2, 0) is 25.1 Å². The molecule has 1 heterocycles. The number of alkyl halides is 5. The Balaban J connectivity index is 1.41. The Labute approximate surface area is 236 Å². The van der Waals surface area contributed by atoms with Crippen LogP contribution in [0.1, 0.15) is 25.0 Å². The minimum Gasteiger partial charge on any atom is -0.258 e. The predicted molar refractivity (Wildman–Crippen MR) is 147 cm³/mol. The standard InChI is InChI=1S/C26H25F4IN2O6S/c1-24(2)22-6-4-5-7-23(22)31(39-24)25(27,28)26(29,30)38-20-12-8-18(9-13-20)16-17-32(3)40(36,37)21-14-10-19(11-15-21)33(34)35/h4-15H,16-17H2,1-3H3. The molecule has 40 heavy (non-hydrogen) atoms. The molecule has 0 saturated carbocycles. The molecular weight excluding hydrogens is 671 g/mol. The van der Waals surface area contributed by atoms with Crippen LogP contribution in [0.2, 0.25) is 0 Å².